The Balaban J connectivity index is 2.30. The van der Waals surface area contributed by atoms with E-state index in [9.17, 15) is 4.79 Å². The number of carbonyl (C=O) groups is 1. The molecule has 0 bridgehead atoms. The summed E-state index contributed by atoms with van der Waals surface area (Å²) in [7, 11) is 0. The van der Waals surface area contributed by atoms with Crippen molar-refractivity contribution in [3.05, 3.63) is 16.1 Å². The molecule has 0 spiro atoms. The second-order valence-electron chi connectivity index (χ2n) is 4.55. The number of unbranched alkanes of at least 4 members (excludes halogenated alkanes) is 3. The fraction of sp³-hybridized carbons (Fsp3) is 0.692. The van der Waals surface area contributed by atoms with Crippen molar-refractivity contribution in [2.45, 2.75) is 58.5 Å². The van der Waals surface area contributed by atoms with E-state index in [1.807, 2.05) is 6.92 Å². The van der Waals surface area contributed by atoms with Gasteiger partial charge in [0.25, 0.3) is 5.91 Å². The van der Waals surface area contributed by atoms with Crippen LogP contribution in [-0.4, -0.2) is 16.9 Å². The number of nitrogens with one attached hydrogen (secondary N) is 1. The highest BCUT2D eigenvalue weighted by molar-refractivity contribution is 7.09. The topological polar surface area (TPSA) is 68.0 Å². The Morgan fingerprint density at radius 3 is 2.89 bits per heavy atom. The first-order valence-corrected chi connectivity index (χ1v) is 7.50. The molecule has 102 valence electrons. The van der Waals surface area contributed by atoms with E-state index in [1.54, 1.807) is 5.38 Å². The largest absolute Gasteiger partial charge is 0.348 e. The molecule has 1 atom stereocenters. The van der Waals surface area contributed by atoms with E-state index in [0.29, 0.717) is 12.2 Å². The van der Waals surface area contributed by atoms with Crippen LogP contribution in [0.4, 0.5) is 0 Å². The lowest BCUT2D eigenvalue weighted by atomic mass is 10.1. The average Bonchev–Trinajstić information content (AvgIpc) is 2.83. The summed E-state index contributed by atoms with van der Waals surface area (Å²) < 4.78 is 0. The van der Waals surface area contributed by atoms with Gasteiger partial charge in [0.1, 0.15) is 10.7 Å². The van der Waals surface area contributed by atoms with Gasteiger partial charge in [-0.3, -0.25) is 4.79 Å². The van der Waals surface area contributed by atoms with Crippen LogP contribution in [0.15, 0.2) is 5.38 Å². The zero-order chi connectivity index (χ0) is 13.4. The molecular weight excluding hydrogens is 246 g/mol. The van der Waals surface area contributed by atoms with Crippen molar-refractivity contribution in [2.75, 3.05) is 0 Å². The molecule has 1 aromatic rings. The summed E-state index contributed by atoms with van der Waals surface area (Å²) >= 11 is 1.43. The highest BCUT2D eigenvalue weighted by atomic mass is 32.1. The summed E-state index contributed by atoms with van der Waals surface area (Å²) in [5, 5.41) is 5.54. The molecule has 1 rings (SSSR count). The Morgan fingerprint density at radius 2 is 2.28 bits per heavy atom. The van der Waals surface area contributed by atoms with Gasteiger partial charge in [-0.15, -0.1) is 11.3 Å². The smallest absolute Gasteiger partial charge is 0.270 e. The minimum Gasteiger partial charge on any atom is -0.348 e. The molecule has 0 aliphatic rings. The van der Waals surface area contributed by atoms with E-state index in [0.717, 1.165) is 11.4 Å². The molecule has 1 unspecified atom stereocenters. The summed E-state index contributed by atoms with van der Waals surface area (Å²) in [4.78, 5) is 16.0. The Labute approximate surface area is 113 Å². The third-order valence-electron chi connectivity index (χ3n) is 2.83. The molecule has 1 aromatic heterocycles. The molecule has 1 heterocycles. The van der Waals surface area contributed by atoms with E-state index in [2.05, 4.69) is 17.2 Å². The summed E-state index contributed by atoms with van der Waals surface area (Å²) in [6.07, 6.45) is 5.94. The van der Waals surface area contributed by atoms with Gasteiger partial charge in [0.2, 0.25) is 0 Å². The van der Waals surface area contributed by atoms with Crippen molar-refractivity contribution in [1.82, 2.24) is 10.3 Å². The Hall–Kier alpha value is -0.940. The summed E-state index contributed by atoms with van der Waals surface area (Å²) in [6.45, 7) is 4.63. The molecule has 0 aliphatic heterocycles. The van der Waals surface area contributed by atoms with Crippen molar-refractivity contribution in [1.29, 1.82) is 0 Å². The third kappa shape index (κ3) is 5.14. The molecule has 0 aromatic carbocycles. The van der Waals surface area contributed by atoms with Crippen molar-refractivity contribution in [2.24, 2.45) is 5.73 Å². The van der Waals surface area contributed by atoms with Crippen molar-refractivity contribution in [3.8, 4) is 0 Å². The molecule has 1 amide bonds. The van der Waals surface area contributed by atoms with Gasteiger partial charge in [-0.25, -0.2) is 4.98 Å². The lowest BCUT2D eigenvalue weighted by Gasteiger charge is -2.12. The Kier molecular flexibility index (Phi) is 6.90. The maximum absolute atomic E-state index is 11.9. The number of carbonyl (C=O) groups excluding carboxylic acids is 1. The van der Waals surface area contributed by atoms with Crippen LogP contribution < -0.4 is 11.1 Å². The van der Waals surface area contributed by atoms with Gasteiger partial charge in [0, 0.05) is 18.0 Å². The fourth-order valence-corrected chi connectivity index (χ4v) is 2.41. The molecule has 5 heteroatoms. The molecule has 0 radical (unpaired) electrons. The van der Waals surface area contributed by atoms with E-state index >= 15 is 0 Å². The quantitative estimate of drug-likeness (QED) is 0.713. The van der Waals surface area contributed by atoms with Gasteiger partial charge in [-0.1, -0.05) is 32.6 Å². The van der Waals surface area contributed by atoms with E-state index in [4.69, 9.17) is 5.73 Å². The maximum atomic E-state index is 11.9. The third-order valence-corrected chi connectivity index (χ3v) is 3.70. The highest BCUT2D eigenvalue weighted by Crippen LogP contribution is 2.10. The van der Waals surface area contributed by atoms with Gasteiger partial charge in [0.05, 0.1) is 0 Å². The standard InChI is InChI=1S/C13H23N3OS/c1-3-4-5-6-7-10(2)15-13(17)11-9-18-12(8-14)16-11/h9-10H,3-8,14H2,1-2H3,(H,15,17). The van der Waals surface area contributed by atoms with Crippen LogP contribution >= 0.6 is 11.3 Å². The van der Waals surface area contributed by atoms with Crippen LogP contribution in [0.2, 0.25) is 0 Å². The monoisotopic (exact) mass is 269 g/mol. The summed E-state index contributed by atoms with van der Waals surface area (Å²) in [5.41, 5.74) is 5.96. The normalized spacial score (nSPS) is 12.4. The van der Waals surface area contributed by atoms with E-state index in [1.165, 1.54) is 37.0 Å². The van der Waals surface area contributed by atoms with Crippen LogP contribution in [-0.2, 0) is 6.54 Å². The van der Waals surface area contributed by atoms with Crippen LogP contribution in [0.3, 0.4) is 0 Å². The molecule has 3 N–H and O–H groups in total. The minimum atomic E-state index is -0.0889. The summed E-state index contributed by atoms with van der Waals surface area (Å²) in [5.74, 6) is -0.0889. The zero-order valence-electron chi connectivity index (χ0n) is 11.2. The van der Waals surface area contributed by atoms with Crippen LogP contribution in [0.1, 0.15) is 61.4 Å². The maximum Gasteiger partial charge on any atom is 0.270 e. The second-order valence-corrected chi connectivity index (χ2v) is 5.50. The average molecular weight is 269 g/mol. The highest BCUT2D eigenvalue weighted by Gasteiger charge is 2.12. The molecular formula is C13H23N3OS. The predicted octanol–water partition coefficient (Wildman–Crippen LogP) is 2.69. The van der Waals surface area contributed by atoms with Crippen LogP contribution in [0.5, 0.6) is 0 Å². The first-order chi connectivity index (χ1) is 8.67. The Morgan fingerprint density at radius 1 is 1.50 bits per heavy atom. The fourth-order valence-electron chi connectivity index (χ4n) is 1.76. The predicted molar refractivity (Wildman–Crippen MR) is 75.7 cm³/mol. The molecule has 0 saturated heterocycles. The van der Waals surface area contributed by atoms with Crippen molar-refractivity contribution >= 4 is 17.2 Å². The molecule has 18 heavy (non-hydrogen) atoms. The first kappa shape index (κ1) is 15.1. The number of hydrogen-bond acceptors (Lipinski definition) is 4. The number of nitrogens with zero attached hydrogens (tertiary/aromatic N) is 1. The number of hydrogen-bond donors (Lipinski definition) is 2. The van der Waals surface area contributed by atoms with Gasteiger partial charge >= 0.3 is 0 Å². The summed E-state index contributed by atoms with van der Waals surface area (Å²) in [6, 6.07) is 0.206. The van der Waals surface area contributed by atoms with E-state index in [-0.39, 0.29) is 11.9 Å². The minimum absolute atomic E-state index is 0.0889. The number of amides is 1. The van der Waals surface area contributed by atoms with Gasteiger partial charge < -0.3 is 11.1 Å². The number of rotatable bonds is 8. The molecule has 0 fully saturated rings. The van der Waals surface area contributed by atoms with Gasteiger partial charge in [-0.2, -0.15) is 0 Å². The molecule has 0 saturated carbocycles. The lowest BCUT2D eigenvalue weighted by molar-refractivity contribution is 0.0933. The Bertz CT molecular complexity index is 365. The SMILES string of the molecule is CCCCCCC(C)NC(=O)c1csc(CN)n1. The van der Waals surface area contributed by atoms with Crippen LogP contribution in [0.25, 0.3) is 0 Å². The van der Waals surface area contributed by atoms with Crippen molar-refractivity contribution in [3.63, 3.8) is 0 Å². The molecule has 4 nitrogen and oxygen atoms in total. The van der Waals surface area contributed by atoms with Crippen LogP contribution in [0, 0.1) is 0 Å². The first-order valence-electron chi connectivity index (χ1n) is 6.62. The van der Waals surface area contributed by atoms with E-state index < -0.39 is 0 Å². The number of thiazole rings is 1. The molecule has 0 aliphatic carbocycles. The number of nitrogens with two attached hydrogens (primary N) is 1. The van der Waals surface area contributed by atoms with Crippen molar-refractivity contribution < 1.29 is 4.79 Å². The number of aromatic nitrogens is 1. The lowest BCUT2D eigenvalue weighted by Crippen LogP contribution is -2.32. The second kappa shape index (κ2) is 8.21. The zero-order valence-corrected chi connectivity index (χ0v) is 12.1. The van der Waals surface area contributed by atoms with Gasteiger partial charge in [0.15, 0.2) is 0 Å². The van der Waals surface area contributed by atoms with Gasteiger partial charge in [-0.05, 0) is 13.3 Å².